The number of ether oxygens (including phenoxy) is 1. The second-order valence-electron chi connectivity index (χ2n) is 5.52. The van der Waals surface area contributed by atoms with E-state index in [9.17, 15) is 14.5 Å². The van der Waals surface area contributed by atoms with Crippen LogP contribution in [0.1, 0.15) is 20.3 Å². The van der Waals surface area contributed by atoms with Crippen molar-refractivity contribution in [3.8, 4) is 0 Å². The molecule has 110 valence electrons. The molecule has 20 heavy (non-hydrogen) atoms. The van der Waals surface area contributed by atoms with Crippen LogP contribution in [0.25, 0.3) is 0 Å². The van der Waals surface area contributed by atoms with Crippen molar-refractivity contribution in [3.05, 3.63) is 32.5 Å². The third kappa shape index (κ3) is 2.52. The molecular weight excluding hydrogens is 331 g/mol. The minimum absolute atomic E-state index is 0.0449. The van der Waals surface area contributed by atoms with E-state index in [-0.39, 0.29) is 27.7 Å². The smallest absolute Gasteiger partial charge is 0.295 e. The Bertz CT molecular complexity index is 551. The number of halogens is 2. The van der Waals surface area contributed by atoms with Gasteiger partial charge in [-0.15, -0.1) is 0 Å². The van der Waals surface area contributed by atoms with Crippen molar-refractivity contribution in [2.24, 2.45) is 5.41 Å². The number of hydrogen-bond donors (Lipinski definition) is 1. The van der Waals surface area contributed by atoms with E-state index in [1.807, 2.05) is 13.8 Å². The zero-order valence-electron chi connectivity index (χ0n) is 11.4. The van der Waals surface area contributed by atoms with Crippen molar-refractivity contribution in [2.45, 2.75) is 32.4 Å². The molecule has 1 aromatic carbocycles. The summed E-state index contributed by atoms with van der Waals surface area (Å²) in [4.78, 5) is 10.4. The molecule has 2 rings (SSSR count). The standard InChI is InChI=1S/C13H16BrFN2O3/c1-13(2)11(6-12(13)20-3)16-9-4-7(14)8(15)5-10(9)17(18)19/h4-5,11-12,16H,6H2,1-3H3. The fraction of sp³-hybridized carbons (Fsp3) is 0.538. The minimum Gasteiger partial charge on any atom is -0.381 e. The van der Waals surface area contributed by atoms with Gasteiger partial charge in [0.1, 0.15) is 11.5 Å². The van der Waals surface area contributed by atoms with Crippen LogP contribution in [0.5, 0.6) is 0 Å². The predicted octanol–water partition coefficient (Wildman–Crippen LogP) is 3.72. The van der Waals surface area contributed by atoms with Gasteiger partial charge in [-0.2, -0.15) is 0 Å². The molecule has 1 aromatic rings. The van der Waals surface area contributed by atoms with Crippen LogP contribution in [0.2, 0.25) is 0 Å². The summed E-state index contributed by atoms with van der Waals surface area (Å²) in [7, 11) is 1.65. The van der Waals surface area contributed by atoms with Crippen LogP contribution in [0, 0.1) is 21.3 Å². The summed E-state index contributed by atoms with van der Waals surface area (Å²) >= 11 is 3.05. The summed E-state index contributed by atoms with van der Waals surface area (Å²) in [5.41, 5.74) is -0.0815. The first-order valence-electron chi connectivity index (χ1n) is 6.20. The van der Waals surface area contributed by atoms with Gasteiger partial charge in [0.05, 0.1) is 21.6 Å². The van der Waals surface area contributed by atoms with Gasteiger partial charge in [-0.1, -0.05) is 13.8 Å². The van der Waals surface area contributed by atoms with Gasteiger partial charge in [0.25, 0.3) is 5.69 Å². The number of nitrogens with one attached hydrogen (secondary N) is 1. The summed E-state index contributed by atoms with van der Waals surface area (Å²) in [6, 6.07) is 2.37. The van der Waals surface area contributed by atoms with E-state index in [2.05, 4.69) is 21.2 Å². The molecule has 2 unspecified atom stereocenters. The van der Waals surface area contributed by atoms with Gasteiger partial charge in [-0.3, -0.25) is 10.1 Å². The number of benzene rings is 1. The topological polar surface area (TPSA) is 64.4 Å². The minimum atomic E-state index is -0.648. The third-order valence-corrected chi connectivity index (χ3v) is 4.63. The first kappa shape index (κ1) is 15.2. The molecule has 0 aromatic heterocycles. The summed E-state index contributed by atoms with van der Waals surface area (Å²) in [6.07, 6.45) is 0.873. The van der Waals surface area contributed by atoms with Crippen molar-refractivity contribution >= 4 is 27.3 Å². The molecule has 0 saturated heterocycles. The number of nitrogens with zero attached hydrogens (tertiary/aromatic N) is 1. The van der Waals surface area contributed by atoms with Crippen LogP contribution >= 0.6 is 15.9 Å². The number of anilines is 1. The van der Waals surface area contributed by atoms with Crippen LogP contribution < -0.4 is 5.32 Å². The van der Waals surface area contributed by atoms with Gasteiger partial charge in [-0.25, -0.2) is 4.39 Å². The molecule has 0 radical (unpaired) electrons. The molecule has 0 heterocycles. The van der Waals surface area contributed by atoms with Crippen LogP contribution in [0.15, 0.2) is 16.6 Å². The molecule has 1 N–H and O–H groups in total. The maximum atomic E-state index is 13.4. The van der Waals surface area contributed by atoms with E-state index in [1.54, 1.807) is 7.11 Å². The lowest BCUT2D eigenvalue weighted by atomic mass is 9.64. The highest BCUT2D eigenvalue weighted by molar-refractivity contribution is 9.10. The monoisotopic (exact) mass is 346 g/mol. The Balaban J connectivity index is 2.26. The largest absolute Gasteiger partial charge is 0.381 e. The van der Waals surface area contributed by atoms with Crippen molar-refractivity contribution in [2.75, 3.05) is 12.4 Å². The lowest BCUT2D eigenvalue weighted by Gasteiger charge is -2.51. The second kappa shape index (κ2) is 5.29. The highest BCUT2D eigenvalue weighted by Gasteiger charge is 2.49. The predicted molar refractivity (Wildman–Crippen MR) is 77.4 cm³/mol. The lowest BCUT2D eigenvalue weighted by Crippen LogP contribution is -2.57. The summed E-state index contributed by atoms with van der Waals surface area (Å²) < 4.78 is 19.0. The second-order valence-corrected chi connectivity index (χ2v) is 6.37. The van der Waals surface area contributed by atoms with E-state index in [1.165, 1.54) is 6.07 Å². The molecule has 5 nitrogen and oxygen atoms in total. The lowest BCUT2D eigenvalue weighted by molar-refractivity contribution is -0.384. The molecule has 2 atom stereocenters. The average Bonchev–Trinajstić information content (AvgIpc) is 2.37. The maximum Gasteiger partial charge on any atom is 0.295 e. The zero-order valence-corrected chi connectivity index (χ0v) is 13.0. The molecule has 1 aliphatic carbocycles. The molecule has 0 bridgehead atoms. The van der Waals surface area contributed by atoms with E-state index >= 15 is 0 Å². The summed E-state index contributed by atoms with van der Waals surface area (Å²) in [5, 5.41) is 14.1. The highest BCUT2D eigenvalue weighted by Crippen LogP contribution is 2.45. The summed E-state index contributed by atoms with van der Waals surface area (Å²) in [6.45, 7) is 4.07. The van der Waals surface area contributed by atoms with Crippen molar-refractivity contribution in [1.29, 1.82) is 0 Å². The van der Waals surface area contributed by atoms with Crippen LogP contribution in [0.4, 0.5) is 15.8 Å². The molecule has 1 saturated carbocycles. The molecule has 0 aliphatic heterocycles. The van der Waals surface area contributed by atoms with Crippen molar-refractivity contribution in [1.82, 2.24) is 0 Å². The number of methoxy groups -OCH3 is 1. The number of hydrogen-bond acceptors (Lipinski definition) is 4. The van der Waals surface area contributed by atoms with Gasteiger partial charge in [0.15, 0.2) is 0 Å². The highest BCUT2D eigenvalue weighted by atomic mass is 79.9. The Kier molecular flexibility index (Phi) is 4.02. The van der Waals surface area contributed by atoms with Gasteiger partial charge in [-0.05, 0) is 28.4 Å². The van der Waals surface area contributed by atoms with E-state index in [0.717, 1.165) is 12.5 Å². The number of nitro groups is 1. The molecule has 1 fully saturated rings. The van der Waals surface area contributed by atoms with Gasteiger partial charge < -0.3 is 10.1 Å². The van der Waals surface area contributed by atoms with Crippen molar-refractivity contribution in [3.63, 3.8) is 0 Å². The van der Waals surface area contributed by atoms with Gasteiger partial charge in [0.2, 0.25) is 0 Å². The maximum absolute atomic E-state index is 13.4. The Labute approximate surface area is 124 Å². The molecule has 0 amide bonds. The van der Waals surface area contributed by atoms with Crippen LogP contribution in [0.3, 0.4) is 0 Å². The van der Waals surface area contributed by atoms with Gasteiger partial charge in [0, 0.05) is 18.6 Å². The quantitative estimate of drug-likeness (QED) is 0.666. The Hall–Kier alpha value is -1.21. The van der Waals surface area contributed by atoms with Gasteiger partial charge >= 0.3 is 0 Å². The Morgan fingerprint density at radius 1 is 1.55 bits per heavy atom. The third-order valence-electron chi connectivity index (χ3n) is 4.03. The summed E-state index contributed by atoms with van der Waals surface area (Å²) in [5.74, 6) is -0.648. The Morgan fingerprint density at radius 3 is 2.70 bits per heavy atom. The molecule has 0 spiro atoms. The fourth-order valence-corrected chi connectivity index (χ4v) is 2.86. The fourth-order valence-electron chi connectivity index (χ4n) is 2.52. The molecular formula is C13H16BrFN2O3. The Morgan fingerprint density at radius 2 is 2.20 bits per heavy atom. The SMILES string of the molecule is COC1CC(Nc2cc(Br)c(F)cc2[N+](=O)[O-])C1(C)C. The molecule has 7 heteroatoms. The number of rotatable bonds is 4. The van der Waals surface area contributed by atoms with Crippen LogP contribution in [-0.4, -0.2) is 24.2 Å². The van der Waals surface area contributed by atoms with E-state index in [0.29, 0.717) is 5.69 Å². The first-order chi connectivity index (χ1) is 9.27. The van der Waals surface area contributed by atoms with Crippen molar-refractivity contribution < 1.29 is 14.1 Å². The van der Waals surface area contributed by atoms with Crippen LogP contribution in [-0.2, 0) is 4.74 Å². The molecule has 1 aliphatic rings. The van der Waals surface area contributed by atoms with E-state index < -0.39 is 10.7 Å². The first-order valence-corrected chi connectivity index (χ1v) is 6.99. The normalized spacial score (nSPS) is 24.1. The van der Waals surface area contributed by atoms with E-state index in [4.69, 9.17) is 4.74 Å². The number of nitro benzene ring substituents is 1. The average molecular weight is 347 g/mol. The zero-order chi connectivity index (χ0) is 15.1.